The minimum Gasteiger partial charge on any atom is -0.478 e. The monoisotopic (exact) mass is 304 g/mol. The zero-order valence-corrected chi connectivity index (χ0v) is 11.7. The van der Waals surface area contributed by atoms with Crippen LogP contribution in [0.25, 0.3) is 6.08 Å². The third-order valence-corrected chi connectivity index (χ3v) is 2.96. The first-order chi connectivity index (χ1) is 10.0. The van der Waals surface area contributed by atoms with Crippen LogP contribution < -0.4 is 5.32 Å². The number of carbonyl (C=O) groups is 2. The fourth-order valence-electron chi connectivity index (χ4n) is 1.69. The maximum atomic E-state index is 11.8. The predicted octanol–water partition coefficient (Wildman–Crippen LogP) is 2.70. The number of amides is 1. The fourth-order valence-corrected chi connectivity index (χ4v) is 1.85. The number of aromatic amines is 1. The van der Waals surface area contributed by atoms with E-state index >= 15 is 0 Å². The van der Waals surface area contributed by atoms with Crippen LogP contribution in [-0.4, -0.2) is 22.0 Å². The molecule has 0 atom stereocenters. The summed E-state index contributed by atoms with van der Waals surface area (Å²) in [6, 6.07) is 8.77. The molecule has 6 heteroatoms. The Morgan fingerprint density at radius 2 is 2.00 bits per heavy atom. The van der Waals surface area contributed by atoms with E-state index in [1.807, 2.05) is 12.1 Å². The van der Waals surface area contributed by atoms with Gasteiger partial charge in [-0.25, -0.2) is 4.79 Å². The summed E-state index contributed by atoms with van der Waals surface area (Å²) in [6.07, 6.45) is 4.12. The molecule has 2 rings (SSSR count). The highest BCUT2D eigenvalue weighted by Crippen LogP contribution is 2.10. The first kappa shape index (κ1) is 14.9. The van der Waals surface area contributed by atoms with Gasteiger partial charge in [-0.2, -0.15) is 0 Å². The second-order valence-electron chi connectivity index (χ2n) is 4.33. The van der Waals surface area contributed by atoms with Crippen LogP contribution in [-0.2, 0) is 11.3 Å². The van der Waals surface area contributed by atoms with E-state index in [-0.39, 0.29) is 5.91 Å². The molecule has 2 aromatic rings. The Hall–Kier alpha value is -2.53. The van der Waals surface area contributed by atoms with E-state index in [9.17, 15) is 9.59 Å². The van der Waals surface area contributed by atoms with Gasteiger partial charge >= 0.3 is 5.97 Å². The van der Waals surface area contributed by atoms with Crippen molar-refractivity contribution in [1.82, 2.24) is 10.3 Å². The number of carboxylic acids is 1. The molecule has 1 aromatic heterocycles. The zero-order valence-electron chi connectivity index (χ0n) is 11.0. The quantitative estimate of drug-likeness (QED) is 0.743. The number of carboxylic acid groups (broad SMARTS) is 1. The van der Waals surface area contributed by atoms with Crippen molar-refractivity contribution in [2.75, 3.05) is 0 Å². The second-order valence-corrected chi connectivity index (χ2v) is 4.76. The molecule has 0 radical (unpaired) electrons. The summed E-state index contributed by atoms with van der Waals surface area (Å²) >= 11 is 5.73. The zero-order chi connectivity index (χ0) is 15.2. The lowest BCUT2D eigenvalue weighted by atomic mass is 10.1. The molecule has 0 fully saturated rings. The third kappa shape index (κ3) is 4.50. The first-order valence-electron chi connectivity index (χ1n) is 6.16. The summed E-state index contributed by atoms with van der Waals surface area (Å²) in [5.74, 6) is -1.23. The Labute approximate surface area is 126 Å². The maximum Gasteiger partial charge on any atom is 0.328 e. The molecular formula is C15H13ClN2O3. The van der Waals surface area contributed by atoms with Gasteiger partial charge < -0.3 is 15.4 Å². The van der Waals surface area contributed by atoms with Crippen molar-refractivity contribution in [3.63, 3.8) is 0 Å². The Morgan fingerprint density at radius 3 is 2.57 bits per heavy atom. The maximum absolute atomic E-state index is 11.8. The normalized spacial score (nSPS) is 10.7. The largest absolute Gasteiger partial charge is 0.478 e. The van der Waals surface area contributed by atoms with Crippen molar-refractivity contribution in [3.05, 3.63) is 64.4 Å². The number of nitrogens with one attached hydrogen (secondary N) is 2. The predicted molar refractivity (Wildman–Crippen MR) is 80.1 cm³/mol. The standard InChI is InChI=1S/C15H13ClN2O3/c16-12-7-13(17-9-12)15(21)18-8-11-3-1-10(2-4-11)5-6-14(19)20/h1-7,9,17H,8H2,(H,18,21)(H,19,20). The third-order valence-electron chi connectivity index (χ3n) is 2.74. The Kier molecular flexibility index (Phi) is 4.79. The van der Waals surface area contributed by atoms with Crippen molar-refractivity contribution in [1.29, 1.82) is 0 Å². The molecule has 0 unspecified atom stereocenters. The molecular weight excluding hydrogens is 292 g/mol. The van der Waals surface area contributed by atoms with E-state index in [1.54, 1.807) is 24.4 Å². The van der Waals surface area contributed by atoms with Gasteiger partial charge in [-0.1, -0.05) is 35.9 Å². The molecule has 1 amide bonds. The number of hydrogen-bond donors (Lipinski definition) is 3. The van der Waals surface area contributed by atoms with E-state index < -0.39 is 5.97 Å². The number of carbonyl (C=O) groups excluding carboxylic acids is 1. The smallest absolute Gasteiger partial charge is 0.328 e. The van der Waals surface area contributed by atoms with Crippen molar-refractivity contribution < 1.29 is 14.7 Å². The molecule has 0 aliphatic carbocycles. The van der Waals surface area contributed by atoms with Gasteiger partial charge in [0.2, 0.25) is 0 Å². The highest BCUT2D eigenvalue weighted by atomic mass is 35.5. The van der Waals surface area contributed by atoms with Crippen LogP contribution in [0.1, 0.15) is 21.6 Å². The van der Waals surface area contributed by atoms with Gasteiger partial charge in [0.05, 0.1) is 5.02 Å². The molecule has 0 saturated heterocycles. The van der Waals surface area contributed by atoms with Crippen LogP contribution in [0, 0.1) is 0 Å². The minimum absolute atomic E-state index is 0.239. The van der Waals surface area contributed by atoms with Crippen molar-refractivity contribution in [3.8, 4) is 0 Å². The van der Waals surface area contributed by atoms with Crippen LogP contribution in [0.2, 0.25) is 5.02 Å². The lowest BCUT2D eigenvalue weighted by Gasteiger charge is -2.04. The fraction of sp³-hybridized carbons (Fsp3) is 0.0667. The minimum atomic E-state index is -0.990. The Balaban J connectivity index is 1.92. The molecule has 0 saturated carbocycles. The van der Waals surface area contributed by atoms with Gasteiger partial charge in [0, 0.05) is 18.8 Å². The summed E-state index contributed by atoms with van der Waals surface area (Å²) in [5.41, 5.74) is 2.10. The highest BCUT2D eigenvalue weighted by molar-refractivity contribution is 6.30. The summed E-state index contributed by atoms with van der Waals surface area (Å²) in [4.78, 5) is 25.0. The SMILES string of the molecule is O=C(O)C=Cc1ccc(CNC(=O)c2cc(Cl)c[nH]2)cc1. The van der Waals surface area contributed by atoms with Gasteiger partial charge in [-0.15, -0.1) is 0 Å². The van der Waals surface area contributed by atoms with Gasteiger partial charge in [0.15, 0.2) is 0 Å². The van der Waals surface area contributed by atoms with Gasteiger partial charge in [0.1, 0.15) is 5.69 Å². The highest BCUT2D eigenvalue weighted by Gasteiger charge is 2.07. The number of aliphatic carboxylic acids is 1. The average Bonchev–Trinajstić information content (AvgIpc) is 2.90. The van der Waals surface area contributed by atoms with Crippen LogP contribution in [0.3, 0.4) is 0 Å². The topological polar surface area (TPSA) is 82.2 Å². The van der Waals surface area contributed by atoms with E-state index in [0.29, 0.717) is 17.3 Å². The number of benzene rings is 1. The van der Waals surface area contributed by atoms with Gasteiger partial charge in [-0.05, 0) is 23.3 Å². The van der Waals surface area contributed by atoms with E-state index in [2.05, 4.69) is 10.3 Å². The van der Waals surface area contributed by atoms with Crippen molar-refractivity contribution >= 4 is 29.6 Å². The number of aromatic nitrogens is 1. The van der Waals surface area contributed by atoms with E-state index in [0.717, 1.165) is 17.2 Å². The lowest BCUT2D eigenvalue weighted by Crippen LogP contribution is -2.22. The Morgan fingerprint density at radius 1 is 1.29 bits per heavy atom. The van der Waals surface area contributed by atoms with Crippen LogP contribution in [0.15, 0.2) is 42.6 Å². The molecule has 108 valence electrons. The van der Waals surface area contributed by atoms with Crippen LogP contribution in [0.4, 0.5) is 0 Å². The molecule has 3 N–H and O–H groups in total. The number of halogens is 1. The Bertz CT molecular complexity index is 674. The molecule has 5 nitrogen and oxygen atoms in total. The number of H-pyrrole nitrogens is 1. The summed E-state index contributed by atoms with van der Waals surface area (Å²) in [5, 5.41) is 11.8. The molecule has 1 heterocycles. The molecule has 1 aromatic carbocycles. The number of hydrogen-bond acceptors (Lipinski definition) is 2. The average molecular weight is 305 g/mol. The van der Waals surface area contributed by atoms with Crippen LogP contribution in [0.5, 0.6) is 0 Å². The summed E-state index contributed by atoms with van der Waals surface area (Å²) < 4.78 is 0. The molecule has 0 aliphatic heterocycles. The molecule has 0 bridgehead atoms. The van der Waals surface area contributed by atoms with Crippen molar-refractivity contribution in [2.24, 2.45) is 0 Å². The first-order valence-corrected chi connectivity index (χ1v) is 6.54. The van der Waals surface area contributed by atoms with E-state index in [1.165, 1.54) is 6.08 Å². The molecule has 0 aliphatic rings. The van der Waals surface area contributed by atoms with Crippen molar-refractivity contribution in [2.45, 2.75) is 6.54 Å². The van der Waals surface area contributed by atoms with Gasteiger partial charge in [0.25, 0.3) is 5.91 Å². The molecule has 21 heavy (non-hydrogen) atoms. The second kappa shape index (κ2) is 6.76. The summed E-state index contributed by atoms with van der Waals surface area (Å²) in [7, 11) is 0. The lowest BCUT2D eigenvalue weighted by molar-refractivity contribution is -0.131. The van der Waals surface area contributed by atoms with Gasteiger partial charge in [-0.3, -0.25) is 4.79 Å². The number of rotatable bonds is 5. The summed E-state index contributed by atoms with van der Waals surface area (Å²) in [6.45, 7) is 0.373. The van der Waals surface area contributed by atoms with E-state index in [4.69, 9.17) is 16.7 Å². The van der Waals surface area contributed by atoms with Crippen LogP contribution >= 0.6 is 11.6 Å². The molecule has 0 spiro atoms.